The van der Waals surface area contributed by atoms with Crippen molar-refractivity contribution >= 4 is 17.6 Å². The Morgan fingerprint density at radius 3 is 2.48 bits per heavy atom. The Hall–Kier alpha value is -3.33. The van der Waals surface area contributed by atoms with Gasteiger partial charge in [-0.2, -0.15) is 5.26 Å². The molecule has 0 bridgehead atoms. The first kappa shape index (κ1) is 16.5. The molecule has 6 nitrogen and oxygen atoms in total. The Balaban J connectivity index is 2.12. The summed E-state index contributed by atoms with van der Waals surface area (Å²) in [7, 11) is 3.83. The first-order chi connectivity index (χ1) is 11.9. The Morgan fingerprint density at radius 2 is 1.92 bits per heavy atom. The van der Waals surface area contributed by atoms with Gasteiger partial charge in [-0.25, -0.2) is 4.79 Å². The second kappa shape index (κ2) is 6.29. The minimum atomic E-state index is -1.00. The zero-order valence-corrected chi connectivity index (χ0v) is 13.9. The van der Waals surface area contributed by atoms with E-state index < -0.39 is 11.9 Å². The van der Waals surface area contributed by atoms with Gasteiger partial charge >= 0.3 is 5.97 Å². The van der Waals surface area contributed by atoms with Crippen molar-refractivity contribution in [2.24, 2.45) is 5.92 Å². The number of carboxylic acids is 1. The number of benzene rings is 2. The van der Waals surface area contributed by atoms with Crippen molar-refractivity contribution in [2.75, 3.05) is 19.0 Å². The molecule has 2 unspecified atom stereocenters. The van der Waals surface area contributed by atoms with E-state index in [0.29, 0.717) is 5.75 Å². The summed E-state index contributed by atoms with van der Waals surface area (Å²) in [4.78, 5) is 13.0. The molecule has 25 heavy (non-hydrogen) atoms. The molecule has 1 aliphatic rings. The predicted molar refractivity (Wildman–Crippen MR) is 93.5 cm³/mol. The summed E-state index contributed by atoms with van der Waals surface area (Å²) in [6.07, 6.45) is 0. The number of nitrogens with zero attached hydrogens (tertiary/aromatic N) is 2. The molecule has 2 N–H and O–H groups in total. The third kappa shape index (κ3) is 2.92. The Labute approximate surface area is 145 Å². The largest absolute Gasteiger partial charge is 0.478 e. The van der Waals surface area contributed by atoms with Crippen LogP contribution in [0.25, 0.3) is 0 Å². The second-order valence-electron chi connectivity index (χ2n) is 6.09. The van der Waals surface area contributed by atoms with Gasteiger partial charge in [-0.1, -0.05) is 18.2 Å². The molecule has 0 spiro atoms. The van der Waals surface area contributed by atoms with Gasteiger partial charge in [0.25, 0.3) is 0 Å². The van der Waals surface area contributed by atoms with Crippen molar-refractivity contribution in [3.05, 3.63) is 59.2 Å². The maximum atomic E-state index is 11.0. The van der Waals surface area contributed by atoms with Gasteiger partial charge in [0.1, 0.15) is 11.7 Å². The monoisotopic (exact) mass is 335 g/mol. The summed E-state index contributed by atoms with van der Waals surface area (Å²) < 4.78 is 5.58. The topological polar surface area (TPSA) is 97.4 Å². The fraction of sp³-hybridized carbons (Fsp3) is 0.211. The molecule has 2 aromatic carbocycles. The quantitative estimate of drug-likeness (QED) is 0.898. The second-order valence-corrected chi connectivity index (χ2v) is 6.09. The molecule has 0 aromatic heterocycles. The number of aromatic carboxylic acids is 1. The molecule has 0 fully saturated rings. The van der Waals surface area contributed by atoms with E-state index in [2.05, 4.69) is 6.07 Å². The number of hydrogen-bond donors (Lipinski definition) is 2. The van der Waals surface area contributed by atoms with Crippen LogP contribution in [0.15, 0.2) is 42.5 Å². The van der Waals surface area contributed by atoms with E-state index in [1.54, 1.807) is 12.1 Å². The average molecular weight is 335 g/mol. The predicted octanol–water partition coefficient (Wildman–Crippen LogP) is 3.09. The van der Waals surface area contributed by atoms with Gasteiger partial charge in [-0.15, -0.1) is 0 Å². The van der Waals surface area contributed by atoms with Gasteiger partial charge in [0.15, 0.2) is 0 Å². The highest BCUT2D eigenvalue weighted by Gasteiger charge is 2.37. The van der Waals surface area contributed by atoms with Gasteiger partial charge in [0.2, 0.25) is 5.90 Å². The number of nitriles is 1. The minimum absolute atomic E-state index is 0.0989. The highest BCUT2D eigenvalue weighted by molar-refractivity contribution is 5.88. The Morgan fingerprint density at radius 1 is 1.24 bits per heavy atom. The molecule has 6 heteroatoms. The van der Waals surface area contributed by atoms with Crippen LogP contribution < -0.4 is 9.64 Å². The first-order valence-corrected chi connectivity index (χ1v) is 7.73. The van der Waals surface area contributed by atoms with Crippen LogP contribution in [0, 0.1) is 22.7 Å². The standard InChI is InChI=1S/C19H17N3O3/c1-22(2)13-7-8-14-16(9-13)25-18(21)15(10-20)17(14)11-3-5-12(6-4-11)19(23)24/h3-9,15,17,21H,1-2H3,(H,23,24). The van der Waals surface area contributed by atoms with Crippen molar-refractivity contribution in [2.45, 2.75) is 5.92 Å². The van der Waals surface area contributed by atoms with Gasteiger partial charge in [0, 0.05) is 37.3 Å². The maximum absolute atomic E-state index is 11.0. The molecule has 0 saturated carbocycles. The molecule has 3 rings (SSSR count). The van der Waals surface area contributed by atoms with Crippen LogP contribution >= 0.6 is 0 Å². The van der Waals surface area contributed by atoms with Crippen LogP contribution in [0.5, 0.6) is 5.75 Å². The van der Waals surface area contributed by atoms with E-state index >= 15 is 0 Å². The number of carbonyl (C=O) groups is 1. The average Bonchev–Trinajstić information content (AvgIpc) is 2.60. The molecule has 0 saturated heterocycles. The van der Waals surface area contributed by atoms with Crippen molar-refractivity contribution in [3.63, 3.8) is 0 Å². The third-order valence-electron chi connectivity index (χ3n) is 4.34. The lowest BCUT2D eigenvalue weighted by Gasteiger charge is -2.31. The van der Waals surface area contributed by atoms with E-state index in [4.69, 9.17) is 15.3 Å². The fourth-order valence-electron chi connectivity index (χ4n) is 3.00. The van der Waals surface area contributed by atoms with Gasteiger partial charge < -0.3 is 14.7 Å². The highest BCUT2D eigenvalue weighted by atomic mass is 16.5. The Bertz CT molecular complexity index is 882. The molecule has 1 heterocycles. The number of ether oxygens (including phenoxy) is 1. The zero-order chi connectivity index (χ0) is 18.1. The fourth-order valence-corrected chi connectivity index (χ4v) is 3.00. The number of hydrogen-bond acceptors (Lipinski definition) is 5. The molecule has 1 aliphatic heterocycles. The summed E-state index contributed by atoms with van der Waals surface area (Å²) in [5.41, 5.74) is 2.71. The molecule has 0 amide bonds. The van der Waals surface area contributed by atoms with E-state index in [1.165, 1.54) is 12.1 Å². The maximum Gasteiger partial charge on any atom is 0.335 e. The smallest absolute Gasteiger partial charge is 0.335 e. The van der Waals surface area contributed by atoms with E-state index in [0.717, 1.165) is 16.8 Å². The lowest BCUT2D eigenvalue weighted by Crippen LogP contribution is -2.31. The summed E-state index contributed by atoms with van der Waals surface area (Å²) in [5, 5.41) is 26.7. The zero-order valence-electron chi connectivity index (χ0n) is 13.9. The number of nitrogens with one attached hydrogen (secondary N) is 1. The van der Waals surface area contributed by atoms with E-state index in [-0.39, 0.29) is 17.4 Å². The normalized spacial score (nSPS) is 18.7. The van der Waals surface area contributed by atoms with Gasteiger partial charge in [-0.3, -0.25) is 5.41 Å². The molecule has 2 aromatic rings. The van der Waals surface area contributed by atoms with Crippen LogP contribution in [-0.2, 0) is 0 Å². The minimum Gasteiger partial charge on any atom is -0.478 e. The number of fused-ring (bicyclic) bond motifs is 1. The van der Waals surface area contributed by atoms with Crippen LogP contribution in [-0.4, -0.2) is 31.1 Å². The number of rotatable bonds is 3. The first-order valence-electron chi connectivity index (χ1n) is 7.73. The summed E-state index contributed by atoms with van der Waals surface area (Å²) in [5.74, 6) is -1.68. The molecular formula is C19H17N3O3. The van der Waals surface area contributed by atoms with Crippen molar-refractivity contribution in [3.8, 4) is 11.8 Å². The van der Waals surface area contributed by atoms with Crippen molar-refractivity contribution in [1.29, 1.82) is 10.7 Å². The number of anilines is 1. The summed E-state index contributed by atoms with van der Waals surface area (Å²) in [6.45, 7) is 0. The van der Waals surface area contributed by atoms with Crippen LogP contribution in [0.2, 0.25) is 0 Å². The molecular weight excluding hydrogens is 318 g/mol. The number of carboxylic acid groups (broad SMARTS) is 1. The molecule has 2 atom stereocenters. The van der Waals surface area contributed by atoms with Gasteiger partial charge in [0.05, 0.1) is 11.6 Å². The van der Waals surface area contributed by atoms with Crippen LogP contribution in [0.3, 0.4) is 0 Å². The van der Waals surface area contributed by atoms with Crippen molar-refractivity contribution < 1.29 is 14.6 Å². The molecule has 0 radical (unpaired) electrons. The lowest BCUT2D eigenvalue weighted by atomic mass is 9.79. The lowest BCUT2D eigenvalue weighted by molar-refractivity contribution is 0.0697. The SMILES string of the molecule is CN(C)c1ccc2c(c1)OC(=N)C(C#N)C2c1ccc(C(=O)O)cc1. The van der Waals surface area contributed by atoms with E-state index in [9.17, 15) is 10.1 Å². The third-order valence-corrected chi connectivity index (χ3v) is 4.34. The molecule has 126 valence electrons. The highest BCUT2D eigenvalue weighted by Crippen LogP contribution is 2.43. The van der Waals surface area contributed by atoms with Crippen molar-refractivity contribution in [1.82, 2.24) is 0 Å². The Kier molecular flexibility index (Phi) is 4.15. The summed E-state index contributed by atoms with van der Waals surface area (Å²) in [6, 6.07) is 14.2. The van der Waals surface area contributed by atoms with E-state index in [1.807, 2.05) is 37.2 Å². The van der Waals surface area contributed by atoms with Gasteiger partial charge in [-0.05, 0) is 23.8 Å². The molecule has 0 aliphatic carbocycles. The van der Waals surface area contributed by atoms with Crippen LogP contribution in [0.4, 0.5) is 5.69 Å². The summed E-state index contributed by atoms with van der Waals surface area (Å²) >= 11 is 0. The van der Waals surface area contributed by atoms with Crippen LogP contribution in [0.1, 0.15) is 27.4 Å².